The molecule has 6 heteroatoms. The Morgan fingerprint density at radius 3 is 2.53 bits per heavy atom. The van der Waals surface area contributed by atoms with E-state index < -0.39 is 0 Å². The van der Waals surface area contributed by atoms with Gasteiger partial charge in [-0.15, -0.1) is 0 Å². The predicted octanol–water partition coefficient (Wildman–Crippen LogP) is 3.04. The minimum absolute atomic E-state index is 0.838. The van der Waals surface area contributed by atoms with Crippen molar-refractivity contribution in [3.63, 3.8) is 0 Å². The second-order valence-electron chi connectivity index (χ2n) is 4.30. The van der Waals surface area contributed by atoms with Gasteiger partial charge in [-0.25, -0.2) is 14.6 Å². The van der Waals surface area contributed by atoms with E-state index in [2.05, 4.69) is 50.2 Å². The molecule has 5 nitrogen and oxygen atoms in total. The highest BCUT2D eigenvalue weighted by Crippen LogP contribution is 2.25. The Bertz CT molecular complexity index is 591. The molecule has 0 aromatic carbocycles. The van der Waals surface area contributed by atoms with Crippen molar-refractivity contribution in [1.29, 1.82) is 0 Å². The zero-order valence-electron chi connectivity index (χ0n) is 11.7. The van der Waals surface area contributed by atoms with E-state index in [1.54, 1.807) is 6.33 Å². The van der Waals surface area contributed by atoms with Crippen LogP contribution in [0, 0.1) is 13.8 Å². The molecule has 0 unspecified atom stereocenters. The molecule has 0 amide bonds. The summed E-state index contributed by atoms with van der Waals surface area (Å²) in [5.74, 6) is 1.73. The molecule has 0 atom stereocenters. The highest BCUT2D eigenvalue weighted by atomic mass is 79.9. The molecule has 2 rings (SSSR count). The van der Waals surface area contributed by atoms with Crippen molar-refractivity contribution in [3.8, 4) is 5.82 Å². The Morgan fingerprint density at radius 1 is 1.26 bits per heavy atom. The molecule has 0 saturated heterocycles. The van der Waals surface area contributed by atoms with Crippen LogP contribution in [-0.4, -0.2) is 26.3 Å². The van der Waals surface area contributed by atoms with Gasteiger partial charge in [0.05, 0.1) is 15.9 Å². The lowest BCUT2D eigenvalue weighted by Gasteiger charge is -2.13. The maximum Gasteiger partial charge on any atom is 0.162 e. The van der Waals surface area contributed by atoms with E-state index in [1.165, 1.54) is 0 Å². The van der Waals surface area contributed by atoms with E-state index in [4.69, 9.17) is 0 Å². The number of nitrogens with zero attached hydrogens (tertiary/aromatic N) is 4. The zero-order valence-corrected chi connectivity index (χ0v) is 13.2. The molecule has 0 saturated carbocycles. The first kappa shape index (κ1) is 14.0. The first-order chi connectivity index (χ1) is 9.10. The third-order valence-electron chi connectivity index (χ3n) is 3.02. The maximum absolute atomic E-state index is 4.54. The molecule has 102 valence electrons. The van der Waals surface area contributed by atoms with E-state index in [1.807, 2.05) is 18.5 Å². The van der Waals surface area contributed by atoms with Crippen LogP contribution in [0.1, 0.15) is 30.8 Å². The molecule has 0 aliphatic carbocycles. The van der Waals surface area contributed by atoms with Gasteiger partial charge in [-0.2, -0.15) is 5.10 Å². The first-order valence-electron chi connectivity index (χ1n) is 6.39. The Morgan fingerprint density at radius 2 is 2.00 bits per heavy atom. The maximum atomic E-state index is 4.54. The number of rotatable bonds is 4. The standard InChI is InChI=1S/C13H18BrN5/c1-5-10-12(15-6-2)16-7-17-13(10)19-9(4)11(14)8(3)18-19/h7H,5-6H2,1-4H3,(H,15,16,17). The van der Waals surface area contributed by atoms with Crippen LogP contribution in [-0.2, 0) is 6.42 Å². The van der Waals surface area contributed by atoms with Crippen molar-refractivity contribution in [2.24, 2.45) is 0 Å². The van der Waals surface area contributed by atoms with Gasteiger partial charge in [0.25, 0.3) is 0 Å². The highest BCUT2D eigenvalue weighted by molar-refractivity contribution is 9.10. The van der Waals surface area contributed by atoms with E-state index in [0.29, 0.717) is 0 Å². The van der Waals surface area contributed by atoms with Crippen LogP contribution in [0.3, 0.4) is 0 Å². The van der Waals surface area contributed by atoms with Crippen molar-refractivity contribution in [3.05, 3.63) is 27.8 Å². The fourth-order valence-corrected chi connectivity index (χ4v) is 2.31. The van der Waals surface area contributed by atoms with Crippen molar-refractivity contribution in [2.45, 2.75) is 34.1 Å². The van der Waals surface area contributed by atoms with Gasteiger partial charge in [0.2, 0.25) is 0 Å². The van der Waals surface area contributed by atoms with E-state index >= 15 is 0 Å². The summed E-state index contributed by atoms with van der Waals surface area (Å²) in [6.07, 6.45) is 2.44. The molecule has 0 bridgehead atoms. The molecule has 0 fully saturated rings. The van der Waals surface area contributed by atoms with Gasteiger partial charge >= 0.3 is 0 Å². The minimum Gasteiger partial charge on any atom is -0.370 e. The molecule has 19 heavy (non-hydrogen) atoms. The Hall–Kier alpha value is -1.43. The molecule has 0 spiro atoms. The predicted molar refractivity (Wildman–Crippen MR) is 79.9 cm³/mol. The molecule has 0 aliphatic rings. The van der Waals surface area contributed by atoms with Gasteiger partial charge in [0, 0.05) is 12.1 Å². The number of halogens is 1. The third-order valence-corrected chi connectivity index (χ3v) is 4.17. The number of nitrogens with one attached hydrogen (secondary N) is 1. The van der Waals surface area contributed by atoms with E-state index in [0.717, 1.165) is 46.0 Å². The van der Waals surface area contributed by atoms with Crippen LogP contribution in [0.25, 0.3) is 5.82 Å². The average Bonchev–Trinajstić information content (AvgIpc) is 2.66. The highest BCUT2D eigenvalue weighted by Gasteiger charge is 2.16. The Kier molecular flexibility index (Phi) is 4.19. The summed E-state index contributed by atoms with van der Waals surface area (Å²) in [7, 11) is 0. The number of aryl methyl sites for hydroxylation is 1. The molecule has 0 radical (unpaired) electrons. The number of hydrogen-bond donors (Lipinski definition) is 1. The lowest BCUT2D eigenvalue weighted by atomic mass is 10.2. The normalized spacial score (nSPS) is 10.8. The fraction of sp³-hybridized carbons (Fsp3) is 0.462. The van der Waals surface area contributed by atoms with Crippen molar-refractivity contribution >= 4 is 21.7 Å². The second-order valence-corrected chi connectivity index (χ2v) is 5.10. The molecule has 2 aromatic rings. The average molecular weight is 324 g/mol. The summed E-state index contributed by atoms with van der Waals surface area (Å²) in [6, 6.07) is 0. The van der Waals surface area contributed by atoms with Gasteiger partial charge in [-0.1, -0.05) is 6.92 Å². The van der Waals surface area contributed by atoms with Crippen molar-refractivity contribution in [2.75, 3.05) is 11.9 Å². The monoisotopic (exact) mass is 323 g/mol. The van der Waals surface area contributed by atoms with Gasteiger partial charge < -0.3 is 5.32 Å². The number of hydrogen-bond acceptors (Lipinski definition) is 4. The van der Waals surface area contributed by atoms with Crippen molar-refractivity contribution < 1.29 is 0 Å². The van der Waals surface area contributed by atoms with Crippen LogP contribution in [0.15, 0.2) is 10.8 Å². The van der Waals surface area contributed by atoms with Crippen LogP contribution < -0.4 is 5.32 Å². The minimum atomic E-state index is 0.838. The van der Waals surface area contributed by atoms with Gasteiger partial charge in [-0.3, -0.25) is 0 Å². The summed E-state index contributed by atoms with van der Waals surface area (Å²) in [6.45, 7) is 9.00. The van der Waals surface area contributed by atoms with Gasteiger partial charge in [0.1, 0.15) is 12.1 Å². The third kappa shape index (κ3) is 2.49. The van der Waals surface area contributed by atoms with Crippen molar-refractivity contribution in [1.82, 2.24) is 19.7 Å². The summed E-state index contributed by atoms with van der Waals surface area (Å²) in [4.78, 5) is 8.72. The number of aromatic nitrogens is 4. The second kappa shape index (κ2) is 5.69. The smallest absolute Gasteiger partial charge is 0.162 e. The van der Waals surface area contributed by atoms with Crippen LogP contribution >= 0.6 is 15.9 Å². The Balaban J connectivity index is 2.61. The van der Waals surface area contributed by atoms with Crippen LogP contribution in [0.4, 0.5) is 5.82 Å². The summed E-state index contributed by atoms with van der Waals surface area (Å²) >= 11 is 3.55. The van der Waals surface area contributed by atoms with E-state index in [-0.39, 0.29) is 0 Å². The molecular weight excluding hydrogens is 306 g/mol. The Labute approximate surface area is 121 Å². The summed E-state index contributed by atoms with van der Waals surface area (Å²) in [5.41, 5.74) is 3.10. The lowest BCUT2D eigenvalue weighted by Crippen LogP contribution is -2.11. The largest absolute Gasteiger partial charge is 0.370 e. The summed E-state index contributed by atoms with van der Waals surface area (Å²) in [5, 5.41) is 7.82. The molecule has 2 heterocycles. The zero-order chi connectivity index (χ0) is 14.0. The van der Waals surface area contributed by atoms with Crippen LogP contribution in [0.5, 0.6) is 0 Å². The van der Waals surface area contributed by atoms with Gasteiger partial charge in [-0.05, 0) is 43.1 Å². The fourth-order valence-electron chi connectivity index (χ4n) is 2.06. The SMILES string of the molecule is CCNc1ncnc(-n2nc(C)c(Br)c2C)c1CC. The quantitative estimate of drug-likeness (QED) is 0.939. The summed E-state index contributed by atoms with van der Waals surface area (Å²) < 4.78 is 2.90. The van der Waals surface area contributed by atoms with Crippen LogP contribution in [0.2, 0.25) is 0 Å². The molecule has 1 N–H and O–H groups in total. The van der Waals surface area contributed by atoms with Gasteiger partial charge in [0.15, 0.2) is 5.82 Å². The van der Waals surface area contributed by atoms with E-state index in [9.17, 15) is 0 Å². The first-order valence-corrected chi connectivity index (χ1v) is 7.19. The molecular formula is C13H18BrN5. The topological polar surface area (TPSA) is 55.6 Å². The molecule has 0 aliphatic heterocycles. The lowest BCUT2D eigenvalue weighted by molar-refractivity contribution is 0.784. The molecule has 2 aromatic heterocycles. The number of anilines is 1.